The van der Waals surface area contributed by atoms with Gasteiger partial charge in [0, 0.05) is 56.0 Å². The SMILES string of the molecule is O=C(CN1CC(N2CCNCC2)C1)Nc1ccc(Cl)cc1. The van der Waals surface area contributed by atoms with Gasteiger partial charge in [-0.3, -0.25) is 14.6 Å². The molecule has 2 aliphatic heterocycles. The highest BCUT2D eigenvalue weighted by atomic mass is 35.5. The Kier molecular flexibility index (Phi) is 4.75. The third kappa shape index (κ3) is 3.95. The molecule has 6 heteroatoms. The van der Waals surface area contributed by atoms with E-state index in [1.54, 1.807) is 12.1 Å². The fourth-order valence-corrected chi connectivity index (χ4v) is 3.01. The molecule has 0 bridgehead atoms. The highest BCUT2D eigenvalue weighted by molar-refractivity contribution is 6.30. The van der Waals surface area contributed by atoms with E-state index in [1.807, 2.05) is 12.1 Å². The first-order chi connectivity index (χ1) is 10.2. The lowest BCUT2D eigenvalue weighted by Gasteiger charge is -2.46. The van der Waals surface area contributed by atoms with Gasteiger partial charge < -0.3 is 10.6 Å². The second-order valence-corrected chi connectivity index (χ2v) is 6.13. The molecule has 21 heavy (non-hydrogen) atoms. The number of hydrogen-bond donors (Lipinski definition) is 2. The van der Waals surface area contributed by atoms with E-state index in [2.05, 4.69) is 20.4 Å². The van der Waals surface area contributed by atoms with Gasteiger partial charge in [-0.05, 0) is 24.3 Å². The zero-order valence-corrected chi connectivity index (χ0v) is 12.8. The van der Waals surface area contributed by atoms with Crippen LogP contribution in [0.15, 0.2) is 24.3 Å². The van der Waals surface area contributed by atoms with Gasteiger partial charge in [0.15, 0.2) is 0 Å². The highest BCUT2D eigenvalue weighted by Crippen LogP contribution is 2.16. The zero-order valence-electron chi connectivity index (χ0n) is 12.0. The van der Waals surface area contributed by atoms with Crippen LogP contribution < -0.4 is 10.6 Å². The Labute approximate surface area is 130 Å². The number of likely N-dealkylation sites (tertiary alicyclic amines) is 1. The average molecular weight is 309 g/mol. The molecule has 2 heterocycles. The first-order valence-electron chi connectivity index (χ1n) is 7.43. The van der Waals surface area contributed by atoms with Gasteiger partial charge in [-0.2, -0.15) is 0 Å². The molecule has 2 N–H and O–H groups in total. The van der Waals surface area contributed by atoms with E-state index in [9.17, 15) is 4.79 Å². The van der Waals surface area contributed by atoms with E-state index >= 15 is 0 Å². The number of anilines is 1. The number of nitrogens with one attached hydrogen (secondary N) is 2. The minimum Gasteiger partial charge on any atom is -0.325 e. The third-order valence-electron chi connectivity index (χ3n) is 4.10. The summed E-state index contributed by atoms with van der Waals surface area (Å²) in [5.74, 6) is 0.0380. The van der Waals surface area contributed by atoms with Crippen molar-refractivity contribution in [1.82, 2.24) is 15.1 Å². The molecule has 114 valence electrons. The van der Waals surface area contributed by atoms with Crippen molar-refractivity contribution < 1.29 is 4.79 Å². The van der Waals surface area contributed by atoms with Gasteiger partial charge in [-0.15, -0.1) is 0 Å². The number of halogens is 1. The van der Waals surface area contributed by atoms with Crippen LogP contribution in [0.25, 0.3) is 0 Å². The molecule has 1 amide bonds. The number of benzene rings is 1. The standard InChI is InChI=1S/C15H21ClN4O/c16-12-1-3-13(4-2-12)18-15(21)11-19-9-14(10-19)20-7-5-17-6-8-20/h1-4,14,17H,5-11H2,(H,18,21). The minimum atomic E-state index is 0.0380. The lowest BCUT2D eigenvalue weighted by atomic mass is 10.1. The lowest BCUT2D eigenvalue weighted by Crippen LogP contribution is -2.63. The molecule has 0 saturated carbocycles. The topological polar surface area (TPSA) is 47.6 Å². The third-order valence-corrected chi connectivity index (χ3v) is 4.35. The molecule has 0 unspecified atom stereocenters. The Morgan fingerprint density at radius 2 is 1.90 bits per heavy atom. The Morgan fingerprint density at radius 3 is 2.57 bits per heavy atom. The number of hydrogen-bond acceptors (Lipinski definition) is 4. The van der Waals surface area contributed by atoms with Crippen molar-refractivity contribution in [3.63, 3.8) is 0 Å². The maximum Gasteiger partial charge on any atom is 0.238 e. The van der Waals surface area contributed by atoms with E-state index < -0.39 is 0 Å². The molecule has 0 spiro atoms. The van der Waals surface area contributed by atoms with E-state index in [0.29, 0.717) is 17.6 Å². The molecule has 5 nitrogen and oxygen atoms in total. The summed E-state index contributed by atoms with van der Waals surface area (Å²) in [5, 5.41) is 6.94. The van der Waals surface area contributed by atoms with Crippen LogP contribution in [0.5, 0.6) is 0 Å². The van der Waals surface area contributed by atoms with Gasteiger partial charge in [-0.1, -0.05) is 11.6 Å². The summed E-state index contributed by atoms with van der Waals surface area (Å²) in [4.78, 5) is 16.7. The molecule has 2 fully saturated rings. The van der Waals surface area contributed by atoms with Gasteiger partial charge in [0.25, 0.3) is 0 Å². The smallest absolute Gasteiger partial charge is 0.238 e. The summed E-state index contributed by atoms with van der Waals surface area (Å²) in [6.07, 6.45) is 0. The number of nitrogens with zero attached hydrogens (tertiary/aromatic N) is 2. The Balaban J connectivity index is 1.39. The molecule has 2 aliphatic rings. The maximum absolute atomic E-state index is 12.0. The summed E-state index contributed by atoms with van der Waals surface area (Å²) < 4.78 is 0. The van der Waals surface area contributed by atoms with Gasteiger partial charge in [0.05, 0.1) is 6.54 Å². The molecule has 2 saturated heterocycles. The van der Waals surface area contributed by atoms with Gasteiger partial charge in [0.2, 0.25) is 5.91 Å². The summed E-state index contributed by atoms with van der Waals surface area (Å²) in [7, 11) is 0. The van der Waals surface area contributed by atoms with Crippen LogP contribution in [-0.4, -0.2) is 67.6 Å². The van der Waals surface area contributed by atoms with Crippen molar-refractivity contribution in [3.05, 3.63) is 29.3 Å². The molecular weight excluding hydrogens is 288 g/mol. The molecule has 1 aromatic carbocycles. The lowest BCUT2D eigenvalue weighted by molar-refractivity contribution is -0.119. The number of rotatable bonds is 4. The first-order valence-corrected chi connectivity index (χ1v) is 7.81. The van der Waals surface area contributed by atoms with Crippen LogP contribution in [0.3, 0.4) is 0 Å². The second-order valence-electron chi connectivity index (χ2n) is 5.69. The van der Waals surface area contributed by atoms with Crippen molar-refractivity contribution >= 4 is 23.2 Å². The summed E-state index contributed by atoms with van der Waals surface area (Å²) in [6, 6.07) is 7.82. The van der Waals surface area contributed by atoms with Crippen molar-refractivity contribution in [2.45, 2.75) is 6.04 Å². The van der Waals surface area contributed by atoms with Crippen LogP contribution in [0.2, 0.25) is 5.02 Å². The van der Waals surface area contributed by atoms with E-state index in [1.165, 1.54) is 0 Å². The minimum absolute atomic E-state index is 0.0380. The average Bonchev–Trinajstić information content (AvgIpc) is 2.46. The van der Waals surface area contributed by atoms with Gasteiger partial charge in [0.1, 0.15) is 0 Å². The van der Waals surface area contributed by atoms with Crippen molar-refractivity contribution in [1.29, 1.82) is 0 Å². The monoisotopic (exact) mass is 308 g/mol. The fourth-order valence-electron chi connectivity index (χ4n) is 2.89. The zero-order chi connectivity index (χ0) is 14.7. The molecule has 1 aromatic rings. The Hall–Kier alpha value is -1.14. The first kappa shape index (κ1) is 14.8. The normalized spacial score (nSPS) is 21.0. The number of carbonyl (C=O) groups is 1. The molecule has 3 rings (SSSR count). The summed E-state index contributed by atoms with van der Waals surface area (Å²) in [6.45, 7) is 6.85. The largest absolute Gasteiger partial charge is 0.325 e. The van der Waals surface area contributed by atoms with Crippen LogP contribution >= 0.6 is 11.6 Å². The second kappa shape index (κ2) is 6.75. The molecule has 0 aromatic heterocycles. The molecule has 0 radical (unpaired) electrons. The van der Waals surface area contributed by atoms with Crippen LogP contribution in [0, 0.1) is 0 Å². The predicted octanol–water partition coefficient (Wildman–Crippen LogP) is 0.868. The number of piperazine rings is 1. The van der Waals surface area contributed by atoms with Gasteiger partial charge in [-0.25, -0.2) is 0 Å². The van der Waals surface area contributed by atoms with Gasteiger partial charge >= 0.3 is 0 Å². The predicted molar refractivity (Wildman–Crippen MR) is 84.8 cm³/mol. The Bertz CT molecular complexity index is 481. The summed E-state index contributed by atoms with van der Waals surface area (Å²) in [5.41, 5.74) is 0.795. The maximum atomic E-state index is 12.0. The molecule has 0 aliphatic carbocycles. The van der Waals surface area contributed by atoms with Crippen molar-refractivity contribution in [3.8, 4) is 0 Å². The van der Waals surface area contributed by atoms with E-state index in [-0.39, 0.29) is 5.91 Å². The quantitative estimate of drug-likeness (QED) is 0.866. The summed E-state index contributed by atoms with van der Waals surface area (Å²) >= 11 is 5.82. The van der Waals surface area contributed by atoms with E-state index in [0.717, 1.165) is 45.0 Å². The fraction of sp³-hybridized carbons (Fsp3) is 0.533. The highest BCUT2D eigenvalue weighted by Gasteiger charge is 2.32. The Morgan fingerprint density at radius 1 is 1.24 bits per heavy atom. The number of carbonyl (C=O) groups excluding carboxylic acids is 1. The van der Waals surface area contributed by atoms with Crippen LogP contribution in [0.4, 0.5) is 5.69 Å². The molecule has 0 atom stereocenters. The van der Waals surface area contributed by atoms with Crippen LogP contribution in [-0.2, 0) is 4.79 Å². The number of amides is 1. The molecular formula is C15H21ClN4O. The van der Waals surface area contributed by atoms with E-state index in [4.69, 9.17) is 11.6 Å². The van der Waals surface area contributed by atoms with Crippen molar-refractivity contribution in [2.24, 2.45) is 0 Å². The van der Waals surface area contributed by atoms with Crippen LogP contribution in [0.1, 0.15) is 0 Å². The van der Waals surface area contributed by atoms with Crippen molar-refractivity contribution in [2.75, 3.05) is 51.1 Å².